The Hall–Kier alpha value is -1.50. The van der Waals surface area contributed by atoms with E-state index in [-0.39, 0.29) is 11.6 Å². The number of amides is 2. The molecular weight excluding hydrogens is 330 g/mol. The quantitative estimate of drug-likeness (QED) is 0.475. The maximum absolute atomic E-state index is 11.3. The summed E-state index contributed by atoms with van der Waals surface area (Å²) in [7, 11) is 0. The van der Waals surface area contributed by atoms with E-state index in [4.69, 9.17) is 15.5 Å². The molecule has 1 aliphatic carbocycles. The summed E-state index contributed by atoms with van der Waals surface area (Å²) < 4.78 is 6.26. The largest absolute Gasteiger partial charge is 0.373 e. The number of hydrogen-bond donors (Lipinski definition) is 3. The number of nitrogens with two attached hydrogens (primary N) is 1. The van der Waals surface area contributed by atoms with Crippen molar-refractivity contribution in [1.82, 2.24) is 15.5 Å². The van der Waals surface area contributed by atoms with Crippen LogP contribution in [0.3, 0.4) is 0 Å². The van der Waals surface area contributed by atoms with Gasteiger partial charge >= 0.3 is 6.03 Å². The SMILES string of the molecule is CCCOC1(CN=C(NCC)NC2CCN(C(N)=O)CC2)CCCCC1. The van der Waals surface area contributed by atoms with Gasteiger partial charge in [-0.2, -0.15) is 0 Å². The summed E-state index contributed by atoms with van der Waals surface area (Å²) in [6, 6.07) is -0.00129. The van der Waals surface area contributed by atoms with Gasteiger partial charge in [0.05, 0.1) is 12.1 Å². The van der Waals surface area contributed by atoms with Gasteiger partial charge in [0.15, 0.2) is 5.96 Å². The molecule has 7 nitrogen and oxygen atoms in total. The molecule has 1 aliphatic heterocycles. The Bertz CT molecular complexity index is 455. The third kappa shape index (κ3) is 6.34. The van der Waals surface area contributed by atoms with E-state index in [1.165, 1.54) is 19.3 Å². The normalized spacial score (nSPS) is 21.5. The van der Waals surface area contributed by atoms with E-state index in [1.807, 2.05) is 0 Å². The Morgan fingerprint density at radius 2 is 1.92 bits per heavy atom. The highest BCUT2D eigenvalue weighted by Crippen LogP contribution is 2.32. The number of ether oxygens (including phenoxy) is 1. The summed E-state index contributed by atoms with van der Waals surface area (Å²) >= 11 is 0. The average molecular weight is 368 g/mol. The van der Waals surface area contributed by atoms with Crippen LogP contribution in [0.5, 0.6) is 0 Å². The first kappa shape index (κ1) is 20.8. The van der Waals surface area contributed by atoms with Crippen molar-refractivity contribution in [3.8, 4) is 0 Å². The second kappa shape index (κ2) is 10.6. The van der Waals surface area contributed by atoms with E-state index in [2.05, 4.69) is 24.5 Å². The Balaban J connectivity index is 1.93. The monoisotopic (exact) mass is 367 g/mol. The van der Waals surface area contributed by atoms with Crippen LogP contribution in [0.15, 0.2) is 4.99 Å². The van der Waals surface area contributed by atoms with Crippen molar-refractivity contribution in [2.24, 2.45) is 10.7 Å². The minimum Gasteiger partial charge on any atom is -0.373 e. The highest BCUT2D eigenvalue weighted by atomic mass is 16.5. The number of likely N-dealkylation sites (tertiary alicyclic amines) is 1. The fraction of sp³-hybridized carbons (Fsp3) is 0.895. The lowest BCUT2D eigenvalue weighted by atomic mass is 9.84. The van der Waals surface area contributed by atoms with Crippen molar-refractivity contribution in [3.63, 3.8) is 0 Å². The maximum Gasteiger partial charge on any atom is 0.314 e. The van der Waals surface area contributed by atoms with Gasteiger partial charge in [-0.15, -0.1) is 0 Å². The average Bonchev–Trinajstić information content (AvgIpc) is 2.66. The number of nitrogens with zero attached hydrogens (tertiary/aromatic N) is 2. The summed E-state index contributed by atoms with van der Waals surface area (Å²) in [5.74, 6) is 0.857. The molecule has 0 aromatic rings. The van der Waals surface area contributed by atoms with Crippen molar-refractivity contribution >= 4 is 12.0 Å². The van der Waals surface area contributed by atoms with Gasteiger partial charge in [-0.05, 0) is 39.0 Å². The van der Waals surface area contributed by atoms with Crippen molar-refractivity contribution in [1.29, 1.82) is 0 Å². The molecule has 0 aromatic heterocycles. The molecule has 1 saturated heterocycles. The number of nitrogens with one attached hydrogen (secondary N) is 2. The van der Waals surface area contributed by atoms with Gasteiger partial charge in [0, 0.05) is 32.3 Å². The van der Waals surface area contributed by atoms with Gasteiger partial charge in [0.2, 0.25) is 0 Å². The fourth-order valence-electron chi connectivity index (χ4n) is 3.84. The standard InChI is InChI=1S/C19H37N5O2/c1-3-14-26-19(10-6-5-7-11-19)15-22-18(21-4-2)23-16-8-12-24(13-9-16)17(20)25/h16H,3-15H2,1-2H3,(H2,20,25)(H2,21,22,23). The van der Waals surface area contributed by atoms with E-state index < -0.39 is 0 Å². The fourth-order valence-corrected chi connectivity index (χ4v) is 3.84. The number of piperidine rings is 1. The molecule has 0 spiro atoms. The molecule has 4 N–H and O–H groups in total. The lowest BCUT2D eigenvalue weighted by Gasteiger charge is -2.36. The van der Waals surface area contributed by atoms with Crippen LogP contribution >= 0.6 is 0 Å². The van der Waals surface area contributed by atoms with Gasteiger partial charge in [-0.25, -0.2) is 4.79 Å². The van der Waals surface area contributed by atoms with Crippen molar-refractivity contribution < 1.29 is 9.53 Å². The summed E-state index contributed by atoms with van der Waals surface area (Å²) in [6.45, 7) is 7.99. The van der Waals surface area contributed by atoms with E-state index in [1.54, 1.807) is 4.90 Å². The molecule has 0 atom stereocenters. The molecule has 26 heavy (non-hydrogen) atoms. The molecular formula is C19H37N5O2. The van der Waals surface area contributed by atoms with Gasteiger partial charge in [-0.3, -0.25) is 4.99 Å². The molecule has 1 saturated carbocycles. The van der Waals surface area contributed by atoms with Crippen LogP contribution in [-0.4, -0.2) is 61.3 Å². The molecule has 0 bridgehead atoms. The third-order valence-corrected chi connectivity index (χ3v) is 5.39. The molecule has 150 valence electrons. The number of urea groups is 1. The van der Waals surface area contributed by atoms with Crippen LogP contribution in [0.1, 0.15) is 65.2 Å². The number of carbonyl (C=O) groups is 1. The Morgan fingerprint density at radius 3 is 2.50 bits per heavy atom. The number of carbonyl (C=O) groups excluding carboxylic acids is 1. The summed E-state index contributed by atoms with van der Waals surface area (Å²) in [4.78, 5) is 17.8. The highest BCUT2D eigenvalue weighted by Gasteiger charge is 2.33. The molecule has 1 heterocycles. The van der Waals surface area contributed by atoms with Gasteiger partial charge in [-0.1, -0.05) is 26.2 Å². The number of primary amides is 1. The van der Waals surface area contributed by atoms with Crippen LogP contribution in [0.4, 0.5) is 4.79 Å². The summed E-state index contributed by atoms with van der Waals surface area (Å²) in [5, 5.41) is 6.89. The van der Waals surface area contributed by atoms with E-state index >= 15 is 0 Å². The zero-order chi connectivity index (χ0) is 18.8. The zero-order valence-electron chi connectivity index (χ0n) is 16.6. The number of hydrogen-bond acceptors (Lipinski definition) is 3. The van der Waals surface area contributed by atoms with E-state index in [9.17, 15) is 4.79 Å². The smallest absolute Gasteiger partial charge is 0.314 e. The molecule has 7 heteroatoms. The lowest BCUT2D eigenvalue weighted by Crippen LogP contribution is -2.51. The van der Waals surface area contributed by atoms with E-state index in [0.29, 0.717) is 25.7 Å². The van der Waals surface area contributed by atoms with Gasteiger partial charge < -0.3 is 26.0 Å². The van der Waals surface area contributed by atoms with Crippen molar-refractivity contribution in [3.05, 3.63) is 0 Å². The van der Waals surface area contributed by atoms with Crippen LogP contribution in [0.2, 0.25) is 0 Å². The molecule has 0 unspecified atom stereocenters. The first-order chi connectivity index (χ1) is 12.6. The second-order valence-corrected chi connectivity index (χ2v) is 7.53. The zero-order valence-corrected chi connectivity index (χ0v) is 16.6. The van der Waals surface area contributed by atoms with Crippen molar-refractivity contribution in [2.75, 3.05) is 32.8 Å². The minimum absolute atomic E-state index is 0.0913. The molecule has 2 aliphatic rings. The molecule has 2 rings (SSSR count). The van der Waals surface area contributed by atoms with E-state index in [0.717, 1.165) is 51.2 Å². The van der Waals surface area contributed by atoms with Crippen LogP contribution < -0.4 is 16.4 Å². The Kier molecular flexibility index (Phi) is 8.48. The Labute approximate surface area is 158 Å². The summed E-state index contributed by atoms with van der Waals surface area (Å²) in [6.07, 6.45) is 8.80. The molecule has 0 radical (unpaired) electrons. The van der Waals surface area contributed by atoms with Crippen molar-refractivity contribution in [2.45, 2.75) is 76.9 Å². The van der Waals surface area contributed by atoms with Crippen LogP contribution in [0, 0.1) is 0 Å². The molecule has 2 fully saturated rings. The highest BCUT2D eigenvalue weighted by molar-refractivity contribution is 5.80. The maximum atomic E-state index is 11.3. The molecule has 0 aromatic carbocycles. The first-order valence-electron chi connectivity index (χ1n) is 10.3. The third-order valence-electron chi connectivity index (χ3n) is 5.39. The predicted octanol–water partition coefficient (Wildman–Crippen LogP) is 2.21. The predicted molar refractivity (Wildman–Crippen MR) is 105 cm³/mol. The second-order valence-electron chi connectivity index (χ2n) is 7.53. The Morgan fingerprint density at radius 1 is 1.23 bits per heavy atom. The summed E-state index contributed by atoms with van der Waals surface area (Å²) in [5.41, 5.74) is 5.27. The topological polar surface area (TPSA) is 92.0 Å². The minimum atomic E-state index is -0.323. The van der Waals surface area contributed by atoms with Crippen LogP contribution in [-0.2, 0) is 4.74 Å². The van der Waals surface area contributed by atoms with Gasteiger partial charge in [0.25, 0.3) is 0 Å². The number of aliphatic imine (C=N–C) groups is 1. The van der Waals surface area contributed by atoms with Crippen LogP contribution in [0.25, 0.3) is 0 Å². The van der Waals surface area contributed by atoms with Gasteiger partial charge in [0.1, 0.15) is 0 Å². The molecule has 2 amide bonds. The number of rotatable bonds is 7. The first-order valence-corrected chi connectivity index (χ1v) is 10.3. The lowest BCUT2D eigenvalue weighted by molar-refractivity contribution is -0.0624. The number of guanidine groups is 1.